The van der Waals surface area contributed by atoms with E-state index in [0.717, 1.165) is 50.4 Å². The van der Waals surface area contributed by atoms with Crippen molar-refractivity contribution >= 4 is 22.0 Å². The van der Waals surface area contributed by atoms with Gasteiger partial charge in [0.05, 0.1) is 33.4 Å². The number of benzene rings is 1. The zero-order valence-electron chi connectivity index (χ0n) is 19.9. The summed E-state index contributed by atoms with van der Waals surface area (Å²) in [5, 5.41) is 4.11. The molecule has 5 aromatic rings. The van der Waals surface area contributed by atoms with Crippen LogP contribution >= 0.6 is 0 Å². The average molecular weight is 506 g/mol. The molecule has 0 aliphatic heterocycles. The van der Waals surface area contributed by atoms with E-state index in [0.29, 0.717) is 4.90 Å². The molecule has 4 heterocycles. The summed E-state index contributed by atoms with van der Waals surface area (Å²) in [4.78, 5) is 10.2. The predicted molar refractivity (Wildman–Crippen MR) is 144 cm³/mol. The molecule has 2 atom stereocenters. The zero-order valence-corrected chi connectivity index (χ0v) is 20.8. The first-order chi connectivity index (χ1) is 16.5. The maximum atomic E-state index is 12.4. The minimum atomic E-state index is -1.27. The van der Waals surface area contributed by atoms with Gasteiger partial charge >= 0.3 is 0 Å². The average Bonchev–Trinajstić information content (AvgIpc) is 3.42. The number of hydrogen-bond acceptors (Lipinski definition) is 5. The van der Waals surface area contributed by atoms with Crippen molar-refractivity contribution in [2.75, 3.05) is 7.05 Å². The summed E-state index contributed by atoms with van der Waals surface area (Å²) in [6, 6.07) is 15.8. The third-order valence-electron chi connectivity index (χ3n) is 6.07. The second kappa shape index (κ2) is 10.9. The van der Waals surface area contributed by atoms with Crippen molar-refractivity contribution in [2.45, 2.75) is 39.1 Å². The highest BCUT2D eigenvalue weighted by atomic mass is 32.2. The molecule has 0 saturated heterocycles. The van der Waals surface area contributed by atoms with Gasteiger partial charge in [-0.1, -0.05) is 30.8 Å². The van der Waals surface area contributed by atoms with Crippen molar-refractivity contribution in [2.24, 2.45) is 0 Å². The molecule has 0 spiro atoms. The van der Waals surface area contributed by atoms with Crippen molar-refractivity contribution in [3.8, 4) is 22.3 Å². The highest BCUT2D eigenvalue weighted by Gasteiger charge is 2.20. The molecule has 0 fully saturated rings. The number of pyridine rings is 2. The Morgan fingerprint density at radius 1 is 1.06 bits per heavy atom. The third-order valence-corrected chi connectivity index (χ3v) is 7.12. The zero-order chi connectivity index (χ0) is 23.8. The van der Waals surface area contributed by atoms with E-state index in [4.69, 9.17) is 9.51 Å². The minimum absolute atomic E-state index is 0. The van der Waals surface area contributed by atoms with Crippen molar-refractivity contribution < 1.29 is 14.2 Å². The lowest BCUT2D eigenvalue weighted by Gasteiger charge is -2.15. The van der Waals surface area contributed by atoms with Crippen LogP contribution < -0.4 is 4.72 Å². The maximum absolute atomic E-state index is 12.4. The van der Waals surface area contributed by atoms with Crippen LogP contribution in [0.3, 0.4) is 0 Å². The number of nitrogens with zero attached hydrogens (tertiary/aromatic N) is 4. The van der Waals surface area contributed by atoms with Crippen molar-refractivity contribution in [1.29, 1.82) is 0 Å². The molecule has 9 heteroatoms. The summed E-state index contributed by atoms with van der Waals surface area (Å²) in [6.45, 7) is 5.97. The van der Waals surface area contributed by atoms with Crippen molar-refractivity contribution in [3.63, 3.8) is 0 Å². The van der Waals surface area contributed by atoms with Gasteiger partial charge in [-0.3, -0.25) is 9.97 Å². The molecule has 0 amide bonds. The van der Waals surface area contributed by atoms with Gasteiger partial charge in [-0.05, 0) is 63.7 Å². The maximum Gasteiger partial charge on any atom is 0.141 e. The molecule has 8 nitrogen and oxygen atoms in total. The van der Waals surface area contributed by atoms with Crippen LogP contribution in [0.2, 0.25) is 0 Å². The summed E-state index contributed by atoms with van der Waals surface area (Å²) >= 11 is 0. The second-order valence-corrected chi connectivity index (χ2v) is 9.59. The Kier molecular flexibility index (Phi) is 8.19. The lowest BCUT2D eigenvalue weighted by Crippen LogP contribution is -2.10. The van der Waals surface area contributed by atoms with Crippen LogP contribution in [0.25, 0.3) is 33.3 Å². The molecule has 188 valence electrons. The Labute approximate surface area is 213 Å². The number of hydrogen-bond donors (Lipinski definition) is 1. The molecule has 0 saturated carbocycles. The van der Waals surface area contributed by atoms with E-state index in [-0.39, 0.29) is 18.9 Å². The van der Waals surface area contributed by atoms with Crippen LogP contribution in [0.4, 0.5) is 0 Å². The van der Waals surface area contributed by atoms with Crippen LogP contribution in [-0.4, -0.2) is 36.4 Å². The molecular formula is C27H31N5O3S. The number of nitrogens with one attached hydrogen (secondary N) is 1. The van der Waals surface area contributed by atoms with Gasteiger partial charge in [-0.25, -0.2) is 8.93 Å². The van der Waals surface area contributed by atoms with E-state index in [1.807, 2.05) is 68.7 Å². The van der Waals surface area contributed by atoms with Crippen molar-refractivity contribution in [3.05, 3.63) is 84.3 Å². The topological polar surface area (TPSA) is 117 Å². The Morgan fingerprint density at radius 3 is 2.53 bits per heavy atom. The van der Waals surface area contributed by atoms with E-state index < -0.39 is 11.0 Å². The number of aromatic nitrogens is 4. The molecule has 0 aliphatic rings. The summed E-state index contributed by atoms with van der Waals surface area (Å²) in [7, 11) is 0.408. The van der Waals surface area contributed by atoms with E-state index in [1.165, 1.54) is 0 Å². The first kappa shape index (κ1) is 26.9. The fourth-order valence-corrected chi connectivity index (χ4v) is 5.03. The lowest BCUT2D eigenvalue weighted by molar-refractivity contribution is 0.393. The minimum Gasteiger partial charge on any atom is -0.412 e. The second-order valence-electron chi connectivity index (χ2n) is 8.17. The molecule has 0 bridgehead atoms. The van der Waals surface area contributed by atoms with E-state index in [9.17, 15) is 4.21 Å². The summed E-state index contributed by atoms with van der Waals surface area (Å²) < 4.78 is 22.8. The first-order valence-corrected chi connectivity index (χ1v) is 12.2. The van der Waals surface area contributed by atoms with Crippen LogP contribution in [0.15, 0.2) is 76.5 Å². The van der Waals surface area contributed by atoms with Crippen LogP contribution in [0, 0.1) is 13.8 Å². The Morgan fingerprint density at radius 2 is 1.86 bits per heavy atom. The van der Waals surface area contributed by atoms with Crippen molar-refractivity contribution in [1.82, 2.24) is 24.4 Å². The van der Waals surface area contributed by atoms with Gasteiger partial charge in [-0.15, -0.1) is 0 Å². The standard InChI is InChI=1S/C26H25N5O2S.CH4.H2O/c1-16-25(18(3)33-30-16)20-13-24-26(29-14-20)22(19-8-7-9-21(12-19)34(32)27-4)15-31(24)17(2)23-10-5-6-11-28-23;;/h5-15,17,27H,1-4H3;1H4;1H2/t17-,34?;;/m0../s1. The van der Waals surface area contributed by atoms with Crippen LogP contribution in [0.5, 0.6) is 0 Å². The largest absolute Gasteiger partial charge is 0.412 e. The van der Waals surface area contributed by atoms with Gasteiger partial charge in [0, 0.05) is 35.3 Å². The Hall–Kier alpha value is -3.66. The van der Waals surface area contributed by atoms with E-state index in [2.05, 4.69) is 38.6 Å². The first-order valence-electron chi connectivity index (χ1n) is 11.0. The number of rotatable bonds is 6. The monoisotopic (exact) mass is 505 g/mol. The number of aryl methyl sites for hydroxylation is 2. The Bertz CT molecular complexity index is 1490. The van der Waals surface area contributed by atoms with E-state index in [1.54, 1.807) is 7.05 Å². The van der Waals surface area contributed by atoms with Gasteiger partial charge in [0.25, 0.3) is 0 Å². The van der Waals surface area contributed by atoms with Crippen LogP contribution in [-0.2, 0) is 11.0 Å². The normalized spacial score (nSPS) is 12.6. The van der Waals surface area contributed by atoms with Gasteiger partial charge < -0.3 is 14.6 Å². The van der Waals surface area contributed by atoms with Gasteiger partial charge in [0.1, 0.15) is 16.7 Å². The number of fused-ring (bicyclic) bond motifs is 1. The highest BCUT2D eigenvalue weighted by molar-refractivity contribution is 7.83. The van der Waals surface area contributed by atoms with Gasteiger partial charge in [0.15, 0.2) is 0 Å². The van der Waals surface area contributed by atoms with Gasteiger partial charge in [0.2, 0.25) is 0 Å². The molecule has 1 unspecified atom stereocenters. The van der Waals surface area contributed by atoms with Gasteiger partial charge in [-0.2, -0.15) is 0 Å². The molecule has 0 radical (unpaired) electrons. The SMILES string of the molecule is C.CNS(=O)c1cccc(-c2cn([C@@H](C)c3ccccn3)c3cc(-c4c(C)noc4C)cnc23)c1.O. The summed E-state index contributed by atoms with van der Waals surface area (Å²) in [5.41, 5.74) is 7.47. The fourth-order valence-electron chi connectivity index (χ4n) is 4.35. The molecule has 0 aliphatic carbocycles. The molecule has 1 aromatic carbocycles. The summed E-state index contributed by atoms with van der Waals surface area (Å²) in [5.74, 6) is 0.761. The molecule has 36 heavy (non-hydrogen) atoms. The summed E-state index contributed by atoms with van der Waals surface area (Å²) in [6.07, 6.45) is 5.78. The van der Waals surface area contributed by atoms with E-state index >= 15 is 0 Å². The predicted octanol–water partition coefficient (Wildman–Crippen LogP) is 5.03. The lowest BCUT2D eigenvalue weighted by atomic mass is 10.0. The Balaban J connectivity index is 0.00000180. The van der Waals surface area contributed by atoms with Crippen LogP contribution in [0.1, 0.15) is 37.5 Å². The highest BCUT2D eigenvalue weighted by Crippen LogP contribution is 2.36. The third kappa shape index (κ3) is 4.73. The smallest absolute Gasteiger partial charge is 0.141 e. The quantitative estimate of drug-likeness (QED) is 0.347. The molecule has 3 N–H and O–H groups in total. The fraction of sp³-hybridized carbons (Fsp3) is 0.222. The molecular weight excluding hydrogens is 474 g/mol. The molecule has 4 aromatic heterocycles. The molecule has 5 rings (SSSR count).